The van der Waals surface area contributed by atoms with Gasteiger partial charge >= 0.3 is 5.76 Å². The van der Waals surface area contributed by atoms with Gasteiger partial charge in [-0.3, -0.25) is 19.0 Å². The summed E-state index contributed by atoms with van der Waals surface area (Å²) in [6.07, 6.45) is 0. The van der Waals surface area contributed by atoms with Gasteiger partial charge in [0.25, 0.3) is 5.91 Å². The maximum absolute atomic E-state index is 12.3. The summed E-state index contributed by atoms with van der Waals surface area (Å²) in [5, 5.41) is 11.0. The van der Waals surface area contributed by atoms with E-state index in [1.54, 1.807) is 12.1 Å². The Bertz CT molecular complexity index is 933. The third-order valence-electron chi connectivity index (χ3n) is 3.76. The average Bonchev–Trinajstić information content (AvgIpc) is 3.25. The van der Waals surface area contributed by atoms with Crippen LogP contribution < -0.4 is 11.1 Å². The third-order valence-corrected chi connectivity index (χ3v) is 4.85. The molecule has 3 heterocycles. The molecule has 0 saturated heterocycles. The molecule has 3 aromatic rings. The molecule has 0 aliphatic carbocycles. The zero-order valence-corrected chi connectivity index (χ0v) is 14.4. The Labute approximate surface area is 141 Å². The van der Waals surface area contributed by atoms with Crippen molar-refractivity contribution in [3.63, 3.8) is 0 Å². The minimum Gasteiger partial charge on any atom is -0.347 e. The molecule has 0 saturated carbocycles. The van der Waals surface area contributed by atoms with Gasteiger partial charge < -0.3 is 5.32 Å². The topological polar surface area (TPSA) is 106 Å². The molecule has 1 amide bonds. The highest BCUT2D eigenvalue weighted by molar-refractivity contribution is 7.17. The van der Waals surface area contributed by atoms with Crippen LogP contribution in [0.5, 0.6) is 0 Å². The van der Waals surface area contributed by atoms with Crippen LogP contribution in [0.4, 0.5) is 0 Å². The van der Waals surface area contributed by atoms with E-state index < -0.39 is 5.76 Å². The van der Waals surface area contributed by atoms with Crippen molar-refractivity contribution in [1.82, 2.24) is 25.2 Å². The number of aromatic amines is 1. The van der Waals surface area contributed by atoms with Crippen molar-refractivity contribution in [2.45, 2.75) is 33.9 Å². The Morgan fingerprint density at radius 3 is 2.83 bits per heavy atom. The lowest BCUT2D eigenvalue weighted by Crippen LogP contribution is -2.22. The van der Waals surface area contributed by atoms with Crippen LogP contribution in [0, 0.1) is 13.8 Å². The Morgan fingerprint density at radius 2 is 2.21 bits per heavy atom. The number of thiophene rings is 1. The molecule has 0 aromatic carbocycles. The third kappa shape index (κ3) is 3.02. The molecule has 9 heteroatoms. The van der Waals surface area contributed by atoms with Gasteiger partial charge in [-0.15, -0.1) is 11.3 Å². The Hall–Kier alpha value is -2.68. The van der Waals surface area contributed by atoms with Crippen LogP contribution in [0.15, 0.2) is 21.5 Å². The number of rotatable bonds is 5. The van der Waals surface area contributed by atoms with Gasteiger partial charge in [0.2, 0.25) is 0 Å². The van der Waals surface area contributed by atoms with E-state index in [9.17, 15) is 9.59 Å². The number of nitrogens with zero attached hydrogens (tertiary/aromatic N) is 3. The summed E-state index contributed by atoms with van der Waals surface area (Å²) in [7, 11) is 0. The number of aryl methyl sites for hydroxylation is 2. The van der Waals surface area contributed by atoms with Gasteiger partial charge in [0.05, 0.1) is 15.4 Å². The van der Waals surface area contributed by atoms with Gasteiger partial charge in [0.15, 0.2) is 5.82 Å². The highest BCUT2D eigenvalue weighted by atomic mass is 32.1. The number of H-pyrrole nitrogens is 1. The highest BCUT2D eigenvalue weighted by Gasteiger charge is 2.15. The van der Waals surface area contributed by atoms with Gasteiger partial charge in [-0.1, -0.05) is 5.16 Å². The summed E-state index contributed by atoms with van der Waals surface area (Å²) < 4.78 is 6.39. The van der Waals surface area contributed by atoms with Crippen molar-refractivity contribution in [2.75, 3.05) is 0 Å². The minimum absolute atomic E-state index is 0.180. The van der Waals surface area contributed by atoms with Gasteiger partial charge in [-0.05, 0) is 32.9 Å². The molecular weight excluding hydrogens is 330 g/mol. The predicted octanol–water partition coefficient (Wildman–Crippen LogP) is 1.85. The molecule has 8 nitrogen and oxygen atoms in total. The molecule has 0 radical (unpaired) electrons. The molecule has 24 heavy (non-hydrogen) atoms. The first-order chi connectivity index (χ1) is 11.5. The van der Waals surface area contributed by atoms with E-state index in [1.807, 2.05) is 25.5 Å². The lowest BCUT2D eigenvalue weighted by molar-refractivity contribution is 0.0955. The Kier molecular flexibility index (Phi) is 4.34. The van der Waals surface area contributed by atoms with Gasteiger partial charge in [-0.2, -0.15) is 5.10 Å². The predicted molar refractivity (Wildman–Crippen MR) is 89.0 cm³/mol. The first-order valence-corrected chi connectivity index (χ1v) is 8.28. The van der Waals surface area contributed by atoms with E-state index in [-0.39, 0.29) is 5.91 Å². The zero-order valence-electron chi connectivity index (χ0n) is 13.5. The average molecular weight is 347 g/mol. The largest absolute Gasteiger partial charge is 0.439 e. The van der Waals surface area contributed by atoms with E-state index in [0.717, 1.165) is 23.5 Å². The number of aromatic nitrogens is 4. The van der Waals surface area contributed by atoms with Crippen LogP contribution in [-0.2, 0) is 13.1 Å². The van der Waals surface area contributed by atoms with Crippen LogP contribution in [0.2, 0.25) is 0 Å². The standard InChI is InChI=1S/C15H17N5O3S/c1-4-20-9(3)10(8(2)18-20)7-16-14(21)12-6-5-11(24-12)13-17-15(22)23-19-13/h5-6H,4,7H2,1-3H3,(H,16,21)(H,17,19,22). The fourth-order valence-corrected chi connectivity index (χ4v) is 3.34. The maximum Gasteiger partial charge on any atom is 0.439 e. The van der Waals surface area contributed by atoms with Crippen molar-refractivity contribution < 1.29 is 9.32 Å². The maximum atomic E-state index is 12.3. The van der Waals surface area contributed by atoms with Crippen LogP contribution in [0.3, 0.4) is 0 Å². The number of hydrogen-bond donors (Lipinski definition) is 2. The van der Waals surface area contributed by atoms with Gasteiger partial charge in [-0.25, -0.2) is 4.79 Å². The summed E-state index contributed by atoms with van der Waals surface area (Å²) >= 11 is 1.24. The number of nitrogens with one attached hydrogen (secondary N) is 2. The number of carbonyl (C=O) groups is 1. The van der Waals surface area contributed by atoms with Crippen LogP contribution in [0.25, 0.3) is 10.7 Å². The van der Waals surface area contributed by atoms with Crippen molar-refractivity contribution in [2.24, 2.45) is 0 Å². The van der Waals surface area contributed by atoms with Gasteiger partial charge in [0, 0.05) is 24.3 Å². The molecule has 3 rings (SSSR count). The number of carbonyl (C=O) groups excluding carboxylic acids is 1. The monoisotopic (exact) mass is 347 g/mol. The van der Waals surface area contributed by atoms with E-state index in [2.05, 4.69) is 25.1 Å². The van der Waals surface area contributed by atoms with Gasteiger partial charge in [0.1, 0.15) is 0 Å². The first-order valence-electron chi connectivity index (χ1n) is 7.47. The second-order valence-electron chi connectivity index (χ2n) is 5.26. The number of amides is 1. The Morgan fingerprint density at radius 1 is 1.42 bits per heavy atom. The second kappa shape index (κ2) is 6.44. The second-order valence-corrected chi connectivity index (χ2v) is 6.34. The molecule has 0 fully saturated rings. The summed E-state index contributed by atoms with van der Waals surface area (Å²) in [6.45, 7) is 7.18. The summed E-state index contributed by atoms with van der Waals surface area (Å²) in [5.41, 5.74) is 3.01. The van der Waals surface area contributed by atoms with E-state index in [0.29, 0.717) is 22.1 Å². The molecule has 0 atom stereocenters. The molecular formula is C15H17N5O3S. The van der Waals surface area contributed by atoms with Crippen LogP contribution >= 0.6 is 11.3 Å². The molecule has 0 aliphatic heterocycles. The van der Waals surface area contributed by atoms with Crippen LogP contribution in [0.1, 0.15) is 33.5 Å². The molecule has 0 spiro atoms. The summed E-state index contributed by atoms with van der Waals surface area (Å²) in [4.78, 5) is 27.0. The lowest BCUT2D eigenvalue weighted by atomic mass is 10.2. The molecule has 126 valence electrons. The smallest absolute Gasteiger partial charge is 0.347 e. The minimum atomic E-state index is -0.622. The summed E-state index contributed by atoms with van der Waals surface area (Å²) in [5.74, 6) is -0.483. The fourth-order valence-electron chi connectivity index (χ4n) is 2.48. The fraction of sp³-hybridized carbons (Fsp3) is 0.333. The molecule has 0 aliphatic rings. The highest BCUT2D eigenvalue weighted by Crippen LogP contribution is 2.24. The lowest BCUT2D eigenvalue weighted by Gasteiger charge is -2.05. The van der Waals surface area contributed by atoms with Crippen molar-refractivity contribution in [3.05, 3.63) is 44.5 Å². The Balaban J connectivity index is 1.71. The van der Waals surface area contributed by atoms with E-state index in [4.69, 9.17) is 0 Å². The van der Waals surface area contributed by atoms with Crippen molar-refractivity contribution in [3.8, 4) is 10.7 Å². The molecule has 2 N–H and O–H groups in total. The van der Waals surface area contributed by atoms with E-state index in [1.165, 1.54) is 11.3 Å². The SMILES string of the molecule is CCn1nc(C)c(CNC(=O)c2ccc(-c3noc(=O)[nH]3)s2)c1C. The summed E-state index contributed by atoms with van der Waals surface area (Å²) in [6, 6.07) is 3.41. The number of hydrogen-bond acceptors (Lipinski definition) is 6. The molecule has 0 unspecified atom stereocenters. The van der Waals surface area contributed by atoms with E-state index >= 15 is 0 Å². The van der Waals surface area contributed by atoms with Crippen molar-refractivity contribution >= 4 is 17.2 Å². The first kappa shape index (κ1) is 16.2. The normalized spacial score (nSPS) is 11.0. The van der Waals surface area contributed by atoms with Crippen molar-refractivity contribution in [1.29, 1.82) is 0 Å². The zero-order chi connectivity index (χ0) is 17.3. The van der Waals surface area contributed by atoms with Crippen LogP contribution in [-0.4, -0.2) is 25.8 Å². The molecule has 3 aromatic heterocycles. The quantitative estimate of drug-likeness (QED) is 0.733. The molecule has 0 bridgehead atoms.